The molecule has 1 saturated carbocycles. The van der Waals surface area contributed by atoms with Gasteiger partial charge in [-0.15, -0.1) is 0 Å². The van der Waals surface area contributed by atoms with Gasteiger partial charge in [0.25, 0.3) is 0 Å². The predicted octanol–water partition coefficient (Wildman–Crippen LogP) is 2.73. The van der Waals surface area contributed by atoms with E-state index in [-0.39, 0.29) is 17.7 Å². The minimum absolute atomic E-state index is 0.163. The summed E-state index contributed by atoms with van der Waals surface area (Å²) in [5.41, 5.74) is 1.23. The van der Waals surface area contributed by atoms with Crippen LogP contribution in [0.3, 0.4) is 0 Å². The molecule has 29 heavy (non-hydrogen) atoms. The molecular formula is C22H25N3O4. The number of carbonyl (C=O) groups excluding carboxylic acids is 3. The van der Waals surface area contributed by atoms with Crippen LogP contribution in [0.15, 0.2) is 48.5 Å². The van der Waals surface area contributed by atoms with Crippen molar-refractivity contribution in [3.05, 3.63) is 54.1 Å². The number of benzene rings is 2. The molecule has 1 aliphatic carbocycles. The molecule has 152 valence electrons. The van der Waals surface area contributed by atoms with Crippen molar-refractivity contribution in [2.24, 2.45) is 5.41 Å². The van der Waals surface area contributed by atoms with E-state index in [1.165, 1.54) is 6.92 Å². The van der Waals surface area contributed by atoms with Gasteiger partial charge in [-0.3, -0.25) is 14.4 Å². The van der Waals surface area contributed by atoms with E-state index in [2.05, 4.69) is 16.0 Å². The fourth-order valence-electron chi connectivity index (χ4n) is 3.16. The zero-order chi connectivity index (χ0) is 20.9. The van der Waals surface area contributed by atoms with Crippen molar-refractivity contribution in [3.8, 4) is 5.75 Å². The number of rotatable bonds is 8. The number of carbonyl (C=O) groups is 3. The van der Waals surface area contributed by atoms with Crippen LogP contribution in [0, 0.1) is 5.41 Å². The molecule has 3 N–H and O–H groups in total. The van der Waals surface area contributed by atoms with Crippen molar-refractivity contribution in [3.63, 3.8) is 0 Å². The van der Waals surface area contributed by atoms with Crippen LogP contribution in [0.1, 0.15) is 25.3 Å². The maximum atomic E-state index is 12.7. The average molecular weight is 395 g/mol. The first-order chi connectivity index (χ1) is 13.9. The normalized spacial score (nSPS) is 13.9. The van der Waals surface area contributed by atoms with Crippen molar-refractivity contribution in [2.75, 3.05) is 24.3 Å². The van der Waals surface area contributed by atoms with Crippen LogP contribution in [0.25, 0.3) is 0 Å². The van der Waals surface area contributed by atoms with Crippen molar-refractivity contribution < 1.29 is 19.1 Å². The van der Waals surface area contributed by atoms with Crippen LogP contribution in [-0.4, -0.2) is 31.4 Å². The van der Waals surface area contributed by atoms with Gasteiger partial charge in [-0.05, 0) is 55.2 Å². The second-order valence-electron chi connectivity index (χ2n) is 7.11. The number of hydrogen-bond donors (Lipinski definition) is 3. The molecule has 0 heterocycles. The van der Waals surface area contributed by atoms with Crippen molar-refractivity contribution in [1.82, 2.24) is 5.32 Å². The Morgan fingerprint density at radius 1 is 0.931 bits per heavy atom. The van der Waals surface area contributed by atoms with Gasteiger partial charge in [0.1, 0.15) is 11.2 Å². The summed E-state index contributed by atoms with van der Waals surface area (Å²) < 4.78 is 5.32. The third kappa shape index (κ3) is 4.93. The van der Waals surface area contributed by atoms with Crippen molar-refractivity contribution >= 4 is 29.1 Å². The number of amides is 3. The van der Waals surface area contributed by atoms with Crippen LogP contribution >= 0.6 is 0 Å². The van der Waals surface area contributed by atoms with Crippen molar-refractivity contribution in [1.29, 1.82) is 0 Å². The number of methoxy groups -OCH3 is 1. The minimum Gasteiger partial charge on any atom is -0.496 e. The second-order valence-corrected chi connectivity index (χ2v) is 7.11. The van der Waals surface area contributed by atoms with Gasteiger partial charge < -0.3 is 20.7 Å². The summed E-state index contributed by atoms with van der Waals surface area (Å²) in [6.07, 6.45) is 1.69. The summed E-state index contributed by atoms with van der Waals surface area (Å²) in [6.45, 7) is 1.86. The molecule has 1 aliphatic rings. The SMILES string of the molecule is COc1ccccc1CCNC(=O)C1(C(=O)Nc2ccc(NC(C)=O)cc2)CC1. The van der Waals surface area contributed by atoms with Gasteiger partial charge in [0.05, 0.1) is 7.11 Å². The average Bonchev–Trinajstić information content (AvgIpc) is 3.51. The van der Waals surface area contributed by atoms with E-state index in [9.17, 15) is 14.4 Å². The van der Waals surface area contributed by atoms with Gasteiger partial charge in [0.2, 0.25) is 17.7 Å². The van der Waals surface area contributed by atoms with E-state index in [0.717, 1.165) is 11.3 Å². The fourth-order valence-corrected chi connectivity index (χ4v) is 3.16. The smallest absolute Gasteiger partial charge is 0.240 e. The molecule has 0 aliphatic heterocycles. The number of anilines is 2. The van der Waals surface area contributed by atoms with Crippen LogP contribution in [0.2, 0.25) is 0 Å². The quantitative estimate of drug-likeness (QED) is 0.599. The summed E-state index contributed by atoms with van der Waals surface area (Å²) >= 11 is 0. The lowest BCUT2D eigenvalue weighted by Gasteiger charge is -2.16. The molecule has 0 bridgehead atoms. The Morgan fingerprint density at radius 2 is 1.55 bits per heavy atom. The Hall–Kier alpha value is -3.35. The lowest BCUT2D eigenvalue weighted by molar-refractivity contribution is -0.134. The molecule has 0 aromatic heterocycles. The molecule has 0 spiro atoms. The summed E-state index contributed by atoms with van der Waals surface area (Å²) in [5.74, 6) is 0.0613. The van der Waals surface area contributed by atoms with E-state index in [0.29, 0.717) is 37.2 Å². The zero-order valence-corrected chi connectivity index (χ0v) is 16.6. The number of nitrogens with one attached hydrogen (secondary N) is 3. The lowest BCUT2D eigenvalue weighted by atomic mass is 10.0. The molecule has 0 radical (unpaired) electrons. The number of para-hydroxylation sites is 1. The van der Waals surface area contributed by atoms with Crippen LogP contribution in [-0.2, 0) is 20.8 Å². The van der Waals surface area contributed by atoms with Gasteiger partial charge in [-0.1, -0.05) is 18.2 Å². The van der Waals surface area contributed by atoms with E-state index in [1.807, 2.05) is 24.3 Å². The Labute approximate surface area is 169 Å². The minimum atomic E-state index is -1.00. The third-order valence-corrected chi connectivity index (χ3v) is 4.95. The first-order valence-corrected chi connectivity index (χ1v) is 9.54. The Bertz CT molecular complexity index is 905. The molecule has 0 atom stereocenters. The monoisotopic (exact) mass is 395 g/mol. The summed E-state index contributed by atoms with van der Waals surface area (Å²) in [5, 5.41) is 8.35. The van der Waals surface area contributed by atoms with E-state index < -0.39 is 5.41 Å². The number of ether oxygens (including phenoxy) is 1. The third-order valence-electron chi connectivity index (χ3n) is 4.95. The Kier molecular flexibility index (Phi) is 6.16. The number of hydrogen-bond acceptors (Lipinski definition) is 4. The molecule has 7 heteroatoms. The highest BCUT2D eigenvalue weighted by molar-refractivity contribution is 6.13. The van der Waals surface area contributed by atoms with Crippen molar-refractivity contribution in [2.45, 2.75) is 26.2 Å². The fraction of sp³-hybridized carbons (Fsp3) is 0.318. The molecule has 1 fully saturated rings. The van der Waals surface area contributed by atoms with Gasteiger partial charge in [0, 0.05) is 24.8 Å². The van der Waals surface area contributed by atoms with E-state index >= 15 is 0 Å². The lowest BCUT2D eigenvalue weighted by Crippen LogP contribution is -2.40. The van der Waals surface area contributed by atoms with Gasteiger partial charge in [-0.25, -0.2) is 0 Å². The largest absolute Gasteiger partial charge is 0.496 e. The molecular weight excluding hydrogens is 370 g/mol. The molecule has 3 rings (SSSR count). The van der Waals surface area contributed by atoms with Gasteiger partial charge in [-0.2, -0.15) is 0 Å². The molecule has 7 nitrogen and oxygen atoms in total. The first-order valence-electron chi connectivity index (χ1n) is 9.54. The summed E-state index contributed by atoms with van der Waals surface area (Å²) in [4.78, 5) is 36.4. The maximum absolute atomic E-state index is 12.7. The van der Waals surface area contributed by atoms with Crippen LogP contribution < -0.4 is 20.7 Å². The second kappa shape index (κ2) is 8.77. The molecule has 3 amide bonds. The first kappa shape index (κ1) is 20.4. The van der Waals surface area contributed by atoms with Gasteiger partial charge >= 0.3 is 0 Å². The maximum Gasteiger partial charge on any atom is 0.240 e. The summed E-state index contributed by atoms with van der Waals surface area (Å²) in [6, 6.07) is 14.4. The predicted molar refractivity (Wildman–Crippen MR) is 111 cm³/mol. The highest BCUT2D eigenvalue weighted by Crippen LogP contribution is 2.46. The van der Waals surface area contributed by atoms with Crippen LogP contribution in [0.4, 0.5) is 11.4 Å². The zero-order valence-electron chi connectivity index (χ0n) is 16.6. The molecule has 0 unspecified atom stereocenters. The highest BCUT2D eigenvalue weighted by Gasteiger charge is 2.56. The van der Waals surface area contributed by atoms with Crippen LogP contribution in [0.5, 0.6) is 5.75 Å². The topological polar surface area (TPSA) is 96.5 Å². The van der Waals surface area contributed by atoms with E-state index in [1.54, 1.807) is 31.4 Å². The highest BCUT2D eigenvalue weighted by atomic mass is 16.5. The molecule has 0 saturated heterocycles. The summed E-state index contributed by atoms with van der Waals surface area (Å²) in [7, 11) is 1.61. The molecule has 2 aromatic rings. The van der Waals surface area contributed by atoms with Gasteiger partial charge in [0.15, 0.2) is 0 Å². The molecule has 2 aromatic carbocycles. The Morgan fingerprint density at radius 3 is 2.14 bits per heavy atom. The van der Waals surface area contributed by atoms with E-state index in [4.69, 9.17) is 4.74 Å². The Balaban J connectivity index is 1.53. The standard InChI is InChI=1S/C22H25N3O4/c1-15(26)24-17-7-9-18(10-8-17)25-21(28)22(12-13-22)20(27)23-14-11-16-5-3-4-6-19(16)29-2/h3-10H,11-14H2,1-2H3,(H,23,27)(H,24,26)(H,25,28).